The molecule has 0 fully saturated rings. The predicted octanol–water partition coefficient (Wildman–Crippen LogP) is 6.72. The summed E-state index contributed by atoms with van der Waals surface area (Å²) in [6, 6.07) is 30.7. The van der Waals surface area contributed by atoms with Crippen LogP contribution in [-0.4, -0.2) is 13.3 Å². The van der Waals surface area contributed by atoms with Crippen molar-refractivity contribution in [2.75, 3.05) is 13.3 Å². The smallest absolute Gasteiger partial charge is 0.247 e. The average Bonchev–Trinajstić information content (AvgIpc) is 2.69. The van der Waals surface area contributed by atoms with Gasteiger partial charge in [0.25, 0.3) is 0 Å². The Morgan fingerprint density at radius 1 is 0.704 bits per heavy atom. The van der Waals surface area contributed by atoms with Crippen molar-refractivity contribution >= 4 is 33.1 Å². The van der Waals surface area contributed by atoms with Gasteiger partial charge in [0.05, 0.1) is 0 Å². The maximum Gasteiger partial charge on any atom is 0.590 e. The van der Waals surface area contributed by atoms with Crippen LogP contribution in [0, 0.1) is 0 Å². The lowest BCUT2D eigenvalue weighted by Crippen LogP contribution is -2.15. The molecule has 0 spiro atoms. The van der Waals surface area contributed by atoms with Gasteiger partial charge >= 0.3 is 8.09 Å². The van der Waals surface area contributed by atoms with Gasteiger partial charge in [-0.25, -0.2) is 9.04 Å². The van der Waals surface area contributed by atoms with Gasteiger partial charge in [-0.05, 0) is 30.0 Å². The second-order valence-corrected chi connectivity index (χ2v) is 14.3. The summed E-state index contributed by atoms with van der Waals surface area (Å²) in [5, 5.41) is 2.31. The Morgan fingerprint density at radius 3 is 1.70 bits per heavy atom. The lowest BCUT2D eigenvalue weighted by atomic mass is 10.3. The van der Waals surface area contributed by atoms with Gasteiger partial charge in [-0.15, -0.1) is 0 Å². The molecular weight excluding hydrogens is 391 g/mol. The number of hydrogen-bond acceptors (Lipinski definition) is 4. The number of nitrogens with zero attached hydrogens (tertiary/aromatic N) is 3. The molecule has 1 unspecified atom stereocenters. The van der Waals surface area contributed by atoms with Crippen molar-refractivity contribution in [3.63, 3.8) is 0 Å². The molecule has 0 aliphatic carbocycles. The first kappa shape index (κ1) is 18.4. The molecule has 1 aliphatic rings. The molecule has 0 saturated carbocycles. The highest BCUT2D eigenvalue weighted by atomic mass is 31.2. The molecule has 0 N–H and O–H groups in total. The zero-order chi connectivity index (χ0) is 18.7. The molecule has 4 nitrogen and oxygen atoms in total. The van der Waals surface area contributed by atoms with Gasteiger partial charge in [-0.3, -0.25) is 0 Å². The third-order valence-electron chi connectivity index (χ3n) is 4.01. The SMILES string of the molecule is CP1(C)=NP(c2ccccc2)(c2ccccc2)=N[P+](Oc2ccccc2)=N1. The van der Waals surface area contributed by atoms with Gasteiger partial charge in [0.2, 0.25) is 0 Å². The molecule has 3 aromatic carbocycles. The Labute approximate surface area is 161 Å². The molecular formula is C20H21N3OP3+. The predicted molar refractivity (Wildman–Crippen MR) is 119 cm³/mol. The van der Waals surface area contributed by atoms with Crippen molar-refractivity contribution in [3.05, 3.63) is 91.0 Å². The van der Waals surface area contributed by atoms with Crippen LogP contribution < -0.4 is 15.1 Å². The average molecular weight is 412 g/mol. The fourth-order valence-electron chi connectivity index (χ4n) is 2.91. The topological polar surface area (TPSA) is 46.3 Å². The lowest BCUT2D eigenvalue weighted by Gasteiger charge is -2.22. The molecule has 3 aromatic rings. The van der Waals surface area contributed by atoms with E-state index in [1.807, 2.05) is 42.5 Å². The minimum absolute atomic E-state index is 0.803. The van der Waals surface area contributed by atoms with Crippen LogP contribution >= 0.6 is 22.5 Å². The molecule has 1 aliphatic heterocycles. The van der Waals surface area contributed by atoms with Gasteiger partial charge in [-0.1, -0.05) is 78.9 Å². The van der Waals surface area contributed by atoms with Gasteiger partial charge in [0, 0.05) is 15.1 Å². The van der Waals surface area contributed by atoms with Gasteiger partial charge in [0.15, 0.2) is 13.0 Å². The van der Waals surface area contributed by atoms with Crippen LogP contribution in [0.1, 0.15) is 0 Å². The lowest BCUT2D eigenvalue weighted by molar-refractivity contribution is 0.624. The van der Waals surface area contributed by atoms with Crippen molar-refractivity contribution in [2.45, 2.75) is 0 Å². The summed E-state index contributed by atoms with van der Waals surface area (Å²) in [4.78, 5) is 0. The molecule has 7 heteroatoms. The van der Waals surface area contributed by atoms with Crippen LogP contribution in [0.25, 0.3) is 0 Å². The Bertz CT molecular complexity index is 1030. The summed E-state index contributed by atoms with van der Waals surface area (Å²) in [5.41, 5.74) is 0. The van der Waals surface area contributed by atoms with Crippen molar-refractivity contribution in [1.29, 1.82) is 0 Å². The van der Waals surface area contributed by atoms with E-state index in [-0.39, 0.29) is 0 Å². The summed E-state index contributed by atoms with van der Waals surface area (Å²) in [7, 11) is -5.49. The summed E-state index contributed by atoms with van der Waals surface area (Å²) in [6.45, 7) is 4.29. The fraction of sp³-hybridized carbons (Fsp3) is 0.100. The molecule has 0 saturated heterocycles. The Hall–Kier alpha value is -1.98. The van der Waals surface area contributed by atoms with Crippen LogP contribution in [0.5, 0.6) is 5.75 Å². The Balaban J connectivity index is 1.95. The van der Waals surface area contributed by atoms with Crippen molar-refractivity contribution < 1.29 is 4.52 Å². The standard InChI is InChI=1S/C20H21N3OP3/c1-26(2)21-25(24-18-12-6-3-7-13-18)22-27(23-26,19-14-8-4-9-15-19)20-16-10-5-11-17-20/h3-17H,1-2H3/q+1. The summed E-state index contributed by atoms with van der Waals surface area (Å²) >= 11 is 0. The van der Waals surface area contributed by atoms with E-state index in [9.17, 15) is 0 Å². The van der Waals surface area contributed by atoms with E-state index in [2.05, 4.69) is 61.9 Å². The summed E-state index contributed by atoms with van der Waals surface area (Å²) in [6.07, 6.45) is 0. The number of para-hydroxylation sites is 1. The van der Waals surface area contributed by atoms with E-state index < -0.39 is 22.5 Å². The second-order valence-electron chi connectivity index (χ2n) is 6.53. The van der Waals surface area contributed by atoms with Crippen molar-refractivity contribution in [2.24, 2.45) is 13.5 Å². The van der Waals surface area contributed by atoms with Crippen LogP contribution in [0.3, 0.4) is 0 Å². The maximum absolute atomic E-state index is 6.22. The second kappa shape index (κ2) is 7.56. The van der Waals surface area contributed by atoms with E-state index in [0.717, 1.165) is 16.4 Å². The number of rotatable bonds is 4. The van der Waals surface area contributed by atoms with E-state index in [1.54, 1.807) is 0 Å². The highest BCUT2D eigenvalue weighted by Crippen LogP contribution is 2.69. The first-order valence-electron chi connectivity index (χ1n) is 8.66. The molecule has 0 radical (unpaired) electrons. The monoisotopic (exact) mass is 412 g/mol. The number of benzene rings is 3. The van der Waals surface area contributed by atoms with Gasteiger partial charge < -0.3 is 0 Å². The van der Waals surface area contributed by atoms with Crippen LogP contribution in [-0.2, 0) is 0 Å². The minimum Gasteiger partial charge on any atom is -0.247 e. The quantitative estimate of drug-likeness (QED) is 0.439. The minimum atomic E-state index is -2.30. The fourth-order valence-corrected chi connectivity index (χ4v) is 13.0. The summed E-state index contributed by atoms with van der Waals surface area (Å²) < 4.78 is 21.6. The Morgan fingerprint density at radius 2 is 1.19 bits per heavy atom. The molecule has 4 rings (SSSR count). The van der Waals surface area contributed by atoms with E-state index in [4.69, 9.17) is 18.1 Å². The zero-order valence-corrected chi connectivity index (χ0v) is 17.9. The molecule has 1 heterocycles. The zero-order valence-electron chi connectivity index (χ0n) is 15.3. The van der Waals surface area contributed by atoms with Crippen molar-refractivity contribution in [1.82, 2.24) is 0 Å². The largest absolute Gasteiger partial charge is 0.590 e. The van der Waals surface area contributed by atoms with Gasteiger partial charge in [0.1, 0.15) is 7.21 Å². The summed E-state index contributed by atoms with van der Waals surface area (Å²) in [5.74, 6) is 0.803. The normalized spacial score (nSPS) is 18.5. The molecule has 1 atom stereocenters. The molecule has 0 bridgehead atoms. The van der Waals surface area contributed by atoms with E-state index in [1.165, 1.54) is 0 Å². The Kier molecular flexibility index (Phi) is 5.15. The van der Waals surface area contributed by atoms with Crippen molar-refractivity contribution in [3.8, 4) is 5.75 Å². The van der Waals surface area contributed by atoms with E-state index in [0.29, 0.717) is 0 Å². The molecule has 0 amide bonds. The third-order valence-corrected chi connectivity index (χ3v) is 13.2. The van der Waals surface area contributed by atoms with Crippen LogP contribution in [0.4, 0.5) is 0 Å². The number of hydrogen-bond donors (Lipinski definition) is 0. The van der Waals surface area contributed by atoms with Gasteiger partial charge in [-0.2, -0.15) is 0 Å². The molecule has 136 valence electrons. The first-order valence-corrected chi connectivity index (χ1v) is 14.1. The van der Waals surface area contributed by atoms with Crippen LogP contribution in [0.15, 0.2) is 105 Å². The highest BCUT2D eigenvalue weighted by molar-refractivity contribution is 7.89. The molecule has 0 aromatic heterocycles. The van der Waals surface area contributed by atoms with Crippen LogP contribution in [0.2, 0.25) is 0 Å². The maximum atomic E-state index is 6.22. The highest BCUT2D eigenvalue weighted by Gasteiger charge is 2.38. The van der Waals surface area contributed by atoms with E-state index >= 15 is 0 Å². The first-order chi connectivity index (χ1) is 13.1. The molecule has 27 heavy (non-hydrogen) atoms. The third kappa shape index (κ3) is 3.99.